The minimum Gasteiger partial charge on any atom is -0.467 e. The molecule has 2 aromatic heterocycles. The molecule has 3 aromatic rings. The average molecular weight is 371 g/mol. The zero-order valence-electron chi connectivity index (χ0n) is 14.5. The Balaban J connectivity index is 1.42. The third-order valence-electron chi connectivity index (χ3n) is 3.83. The van der Waals surface area contributed by atoms with Gasteiger partial charge in [-0.25, -0.2) is 4.68 Å². The number of hydrogen-bond acceptors (Lipinski definition) is 6. The first-order chi connectivity index (χ1) is 12.7. The number of carbonyl (C=O) groups is 1. The maximum Gasteiger partial charge on any atom is 0.230 e. The van der Waals surface area contributed by atoms with Gasteiger partial charge in [0.1, 0.15) is 12.3 Å². The van der Waals surface area contributed by atoms with Crippen molar-refractivity contribution in [3.63, 3.8) is 0 Å². The fraction of sp³-hybridized carbons (Fsp3) is 0.333. The summed E-state index contributed by atoms with van der Waals surface area (Å²) in [6.45, 7) is 2.46. The fourth-order valence-electron chi connectivity index (χ4n) is 2.50. The van der Waals surface area contributed by atoms with Crippen molar-refractivity contribution in [1.29, 1.82) is 0 Å². The van der Waals surface area contributed by atoms with Gasteiger partial charge >= 0.3 is 0 Å². The molecule has 8 heteroatoms. The largest absolute Gasteiger partial charge is 0.467 e. The molecule has 1 unspecified atom stereocenters. The number of nitrogens with one attached hydrogen (secondary N) is 1. The van der Waals surface area contributed by atoms with Crippen molar-refractivity contribution in [1.82, 2.24) is 25.5 Å². The molecule has 0 saturated heterocycles. The lowest BCUT2D eigenvalue weighted by atomic mass is 10.1. The van der Waals surface area contributed by atoms with Crippen LogP contribution in [0.2, 0.25) is 0 Å². The molecule has 7 nitrogen and oxygen atoms in total. The SMILES string of the molecule is CC(CCc1ccccc1)NC(=O)CSc1nnnn1Cc1ccco1. The van der Waals surface area contributed by atoms with Gasteiger partial charge in [0.05, 0.1) is 12.0 Å². The molecule has 0 radical (unpaired) electrons. The maximum absolute atomic E-state index is 12.2. The molecule has 1 aromatic carbocycles. The summed E-state index contributed by atoms with van der Waals surface area (Å²) in [4.78, 5) is 12.2. The number of carbonyl (C=O) groups excluding carboxylic acids is 1. The molecule has 1 N–H and O–H groups in total. The van der Waals surface area contributed by atoms with Crippen LogP contribution in [0.25, 0.3) is 0 Å². The summed E-state index contributed by atoms with van der Waals surface area (Å²) in [6.07, 6.45) is 3.45. The summed E-state index contributed by atoms with van der Waals surface area (Å²) in [5.74, 6) is 1.01. The van der Waals surface area contributed by atoms with Crippen LogP contribution in [0.15, 0.2) is 58.3 Å². The number of nitrogens with zero attached hydrogens (tertiary/aromatic N) is 4. The fourth-order valence-corrected chi connectivity index (χ4v) is 3.18. The number of thioether (sulfide) groups is 1. The van der Waals surface area contributed by atoms with Crippen LogP contribution < -0.4 is 5.32 Å². The summed E-state index contributed by atoms with van der Waals surface area (Å²) in [6, 6.07) is 14.1. The molecule has 2 heterocycles. The van der Waals surface area contributed by atoms with Gasteiger partial charge in [-0.2, -0.15) is 0 Å². The molecule has 0 spiro atoms. The van der Waals surface area contributed by atoms with Crippen molar-refractivity contribution < 1.29 is 9.21 Å². The molecule has 0 fully saturated rings. The number of benzene rings is 1. The minimum atomic E-state index is -0.0249. The Labute approximate surface area is 156 Å². The molecular formula is C18H21N5O2S. The Morgan fingerprint density at radius 3 is 2.88 bits per heavy atom. The average Bonchev–Trinajstić information content (AvgIpc) is 3.31. The molecule has 3 rings (SSSR count). The molecule has 0 saturated carbocycles. The van der Waals surface area contributed by atoms with E-state index in [4.69, 9.17) is 4.42 Å². The van der Waals surface area contributed by atoms with E-state index in [2.05, 4.69) is 33.0 Å². The zero-order valence-corrected chi connectivity index (χ0v) is 15.4. The highest BCUT2D eigenvalue weighted by molar-refractivity contribution is 7.99. The maximum atomic E-state index is 12.2. The van der Waals surface area contributed by atoms with E-state index in [1.54, 1.807) is 10.9 Å². The van der Waals surface area contributed by atoms with E-state index in [1.807, 2.05) is 37.3 Å². The van der Waals surface area contributed by atoms with E-state index in [9.17, 15) is 4.79 Å². The van der Waals surface area contributed by atoms with Crippen molar-refractivity contribution in [2.75, 3.05) is 5.75 Å². The van der Waals surface area contributed by atoms with Crippen molar-refractivity contribution >= 4 is 17.7 Å². The lowest BCUT2D eigenvalue weighted by Gasteiger charge is -2.13. The Kier molecular flexibility index (Phi) is 6.43. The Hall–Kier alpha value is -2.61. The molecule has 136 valence electrons. The van der Waals surface area contributed by atoms with Crippen molar-refractivity contribution in [3.8, 4) is 0 Å². The van der Waals surface area contributed by atoms with Gasteiger partial charge in [0, 0.05) is 6.04 Å². The molecule has 0 aliphatic carbocycles. The number of furan rings is 1. The quantitative estimate of drug-likeness (QED) is 0.582. The molecule has 1 atom stereocenters. The Bertz CT molecular complexity index is 804. The van der Waals surface area contributed by atoms with Crippen molar-refractivity contribution in [2.45, 2.75) is 37.5 Å². The molecule has 1 amide bonds. The Morgan fingerprint density at radius 1 is 1.27 bits per heavy atom. The smallest absolute Gasteiger partial charge is 0.230 e. The number of hydrogen-bond donors (Lipinski definition) is 1. The summed E-state index contributed by atoms with van der Waals surface area (Å²) in [5.41, 5.74) is 1.28. The van der Waals surface area contributed by atoms with Gasteiger partial charge in [0.25, 0.3) is 0 Å². The van der Waals surface area contributed by atoms with E-state index in [0.29, 0.717) is 11.7 Å². The molecule has 0 aliphatic heterocycles. The zero-order chi connectivity index (χ0) is 18.2. The standard InChI is InChI=1S/C18H21N5O2S/c1-14(9-10-15-6-3-2-4-7-15)19-17(24)13-26-18-20-21-22-23(18)12-16-8-5-11-25-16/h2-8,11,14H,9-10,12-13H2,1H3,(H,19,24). The lowest BCUT2D eigenvalue weighted by Crippen LogP contribution is -2.34. The molecular weight excluding hydrogens is 350 g/mol. The number of tetrazole rings is 1. The molecule has 0 aliphatic rings. The number of amides is 1. The van der Waals surface area contributed by atoms with Crippen molar-refractivity contribution in [2.24, 2.45) is 0 Å². The first-order valence-corrected chi connectivity index (χ1v) is 9.44. The van der Waals surface area contributed by atoms with Crippen molar-refractivity contribution in [3.05, 3.63) is 60.1 Å². The van der Waals surface area contributed by atoms with Crippen LogP contribution >= 0.6 is 11.8 Å². The van der Waals surface area contributed by atoms with Crippen LogP contribution in [0.4, 0.5) is 0 Å². The predicted molar refractivity (Wildman–Crippen MR) is 98.7 cm³/mol. The van der Waals surface area contributed by atoms with E-state index in [-0.39, 0.29) is 17.7 Å². The van der Waals surface area contributed by atoms with Crippen LogP contribution in [0, 0.1) is 0 Å². The van der Waals surface area contributed by atoms with Gasteiger partial charge < -0.3 is 9.73 Å². The van der Waals surface area contributed by atoms with Gasteiger partial charge in [-0.05, 0) is 47.9 Å². The summed E-state index contributed by atoms with van der Waals surface area (Å²) in [7, 11) is 0. The summed E-state index contributed by atoms with van der Waals surface area (Å²) < 4.78 is 6.92. The van der Waals surface area contributed by atoms with Crippen LogP contribution in [-0.2, 0) is 17.8 Å². The first kappa shape index (κ1) is 18.2. The topological polar surface area (TPSA) is 85.8 Å². The third-order valence-corrected chi connectivity index (χ3v) is 4.79. The highest BCUT2D eigenvalue weighted by atomic mass is 32.2. The van der Waals surface area contributed by atoms with Crippen LogP contribution in [0.1, 0.15) is 24.7 Å². The predicted octanol–water partition coefficient (Wildman–Crippen LogP) is 2.54. The lowest BCUT2D eigenvalue weighted by molar-refractivity contribution is -0.119. The summed E-state index contributed by atoms with van der Waals surface area (Å²) in [5, 5.41) is 15.2. The minimum absolute atomic E-state index is 0.0249. The van der Waals surface area contributed by atoms with Gasteiger partial charge in [-0.1, -0.05) is 42.1 Å². The summed E-state index contributed by atoms with van der Waals surface area (Å²) >= 11 is 1.31. The monoisotopic (exact) mass is 371 g/mol. The highest BCUT2D eigenvalue weighted by Gasteiger charge is 2.13. The van der Waals surface area contributed by atoms with E-state index < -0.39 is 0 Å². The third kappa shape index (κ3) is 5.45. The highest BCUT2D eigenvalue weighted by Crippen LogP contribution is 2.15. The van der Waals surface area contributed by atoms with Crippen LogP contribution in [0.3, 0.4) is 0 Å². The number of rotatable bonds is 9. The second-order valence-electron chi connectivity index (χ2n) is 5.98. The van der Waals surface area contributed by atoms with Gasteiger partial charge in [-0.3, -0.25) is 4.79 Å². The van der Waals surface area contributed by atoms with Gasteiger partial charge in [0.2, 0.25) is 11.1 Å². The van der Waals surface area contributed by atoms with Crippen LogP contribution in [-0.4, -0.2) is 37.9 Å². The molecule has 0 bridgehead atoms. The van der Waals surface area contributed by atoms with E-state index in [0.717, 1.165) is 18.6 Å². The second-order valence-corrected chi connectivity index (χ2v) is 6.92. The van der Waals surface area contributed by atoms with E-state index >= 15 is 0 Å². The second kappa shape index (κ2) is 9.19. The van der Waals surface area contributed by atoms with Gasteiger partial charge in [-0.15, -0.1) is 5.10 Å². The number of aromatic nitrogens is 4. The Morgan fingerprint density at radius 2 is 2.12 bits per heavy atom. The van der Waals surface area contributed by atoms with Crippen LogP contribution in [0.5, 0.6) is 0 Å². The molecule has 26 heavy (non-hydrogen) atoms. The first-order valence-electron chi connectivity index (χ1n) is 8.45. The normalized spacial score (nSPS) is 12.0. The number of aryl methyl sites for hydroxylation is 1. The van der Waals surface area contributed by atoms with E-state index in [1.165, 1.54) is 17.3 Å². The van der Waals surface area contributed by atoms with Gasteiger partial charge in [0.15, 0.2) is 0 Å².